The van der Waals surface area contributed by atoms with Gasteiger partial charge in [-0.1, -0.05) is 53.7 Å². The summed E-state index contributed by atoms with van der Waals surface area (Å²) in [4.78, 5) is 13.2. The number of nitrogens with one attached hydrogen (secondary N) is 3. The first-order valence-corrected chi connectivity index (χ1v) is 10.6. The number of benzene rings is 3. The molecule has 0 radical (unpaired) electrons. The van der Waals surface area contributed by atoms with Gasteiger partial charge in [-0.25, -0.2) is 4.79 Å². The molecule has 0 fully saturated rings. The molecule has 156 valence electrons. The fraction of sp³-hybridized carbons (Fsp3) is 0.0833. The van der Waals surface area contributed by atoms with Crippen LogP contribution in [0.1, 0.15) is 11.5 Å². The molecule has 4 rings (SSSR count). The molecule has 0 aliphatic rings. The molecule has 0 aliphatic carbocycles. The van der Waals surface area contributed by atoms with Crippen LogP contribution in [0, 0.1) is 6.92 Å². The lowest BCUT2D eigenvalue weighted by Crippen LogP contribution is -2.28. The van der Waals surface area contributed by atoms with Crippen molar-refractivity contribution in [2.24, 2.45) is 0 Å². The SMILES string of the molecule is Cc1cc(CNC(=O)Nc2ccc(NSc3ccccc3-c3ccccc3)cc2)no1. The predicted molar refractivity (Wildman–Crippen MR) is 125 cm³/mol. The number of carbonyl (C=O) groups is 1. The summed E-state index contributed by atoms with van der Waals surface area (Å²) in [6.07, 6.45) is 0. The van der Waals surface area contributed by atoms with Crippen LogP contribution in [0.5, 0.6) is 0 Å². The Labute approximate surface area is 185 Å². The van der Waals surface area contributed by atoms with Crippen LogP contribution in [-0.2, 0) is 6.54 Å². The fourth-order valence-corrected chi connectivity index (χ4v) is 3.80. The summed E-state index contributed by atoms with van der Waals surface area (Å²) in [6, 6.07) is 27.6. The van der Waals surface area contributed by atoms with E-state index in [0.29, 0.717) is 23.7 Å². The Morgan fingerprint density at radius 2 is 1.65 bits per heavy atom. The van der Waals surface area contributed by atoms with E-state index in [1.807, 2.05) is 61.5 Å². The molecular weight excluding hydrogens is 408 g/mol. The van der Waals surface area contributed by atoms with Crippen LogP contribution in [-0.4, -0.2) is 11.2 Å². The normalized spacial score (nSPS) is 10.5. The molecule has 6 nitrogen and oxygen atoms in total. The van der Waals surface area contributed by atoms with E-state index in [4.69, 9.17) is 4.52 Å². The minimum absolute atomic E-state index is 0.299. The molecule has 3 aromatic carbocycles. The molecule has 31 heavy (non-hydrogen) atoms. The van der Waals surface area contributed by atoms with E-state index >= 15 is 0 Å². The van der Waals surface area contributed by atoms with Gasteiger partial charge in [0.05, 0.1) is 6.54 Å². The van der Waals surface area contributed by atoms with Crippen LogP contribution >= 0.6 is 11.9 Å². The summed E-state index contributed by atoms with van der Waals surface area (Å²) in [5.41, 5.74) is 4.68. The largest absolute Gasteiger partial charge is 0.361 e. The molecule has 0 saturated heterocycles. The number of hydrogen-bond acceptors (Lipinski definition) is 5. The maximum atomic E-state index is 12.1. The Bertz CT molecular complexity index is 1140. The Hall–Kier alpha value is -3.71. The van der Waals surface area contributed by atoms with Crippen molar-refractivity contribution in [1.82, 2.24) is 10.5 Å². The zero-order chi connectivity index (χ0) is 21.5. The summed E-state index contributed by atoms with van der Waals surface area (Å²) < 4.78 is 8.36. The van der Waals surface area contributed by atoms with E-state index in [0.717, 1.165) is 10.6 Å². The lowest BCUT2D eigenvalue weighted by molar-refractivity contribution is 0.251. The summed E-state index contributed by atoms with van der Waals surface area (Å²) in [5.74, 6) is 0.713. The van der Waals surface area contributed by atoms with Crippen molar-refractivity contribution < 1.29 is 9.32 Å². The smallest absolute Gasteiger partial charge is 0.319 e. The third-order valence-corrected chi connectivity index (χ3v) is 5.41. The predicted octanol–water partition coefficient (Wildman–Crippen LogP) is 6.09. The number of carbonyl (C=O) groups excluding carboxylic acids is 1. The molecule has 0 unspecified atom stereocenters. The van der Waals surface area contributed by atoms with Gasteiger partial charge in [-0.2, -0.15) is 0 Å². The summed E-state index contributed by atoms with van der Waals surface area (Å²) >= 11 is 1.56. The van der Waals surface area contributed by atoms with Crippen molar-refractivity contribution in [3.05, 3.63) is 96.4 Å². The minimum atomic E-state index is -0.299. The third kappa shape index (κ3) is 5.67. The Kier molecular flexibility index (Phi) is 6.54. The highest BCUT2D eigenvalue weighted by molar-refractivity contribution is 8.00. The molecule has 7 heteroatoms. The molecule has 0 atom stereocenters. The molecule has 1 heterocycles. The number of amides is 2. The Morgan fingerprint density at radius 3 is 2.39 bits per heavy atom. The van der Waals surface area contributed by atoms with Crippen LogP contribution in [0.2, 0.25) is 0 Å². The molecule has 1 aromatic heterocycles. The van der Waals surface area contributed by atoms with Crippen LogP contribution < -0.4 is 15.4 Å². The Morgan fingerprint density at radius 1 is 0.935 bits per heavy atom. The highest BCUT2D eigenvalue weighted by Gasteiger charge is 2.07. The first-order chi connectivity index (χ1) is 15.2. The number of anilines is 2. The average molecular weight is 431 g/mol. The number of nitrogens with zero attached hydrogens (tertiary/aromatic N) is 1. The Balaban J connectivity index is 1.32. The maximum absolute atomic E-state index is 12.1. The standard InChI is InChI=1S/C24H22N4O2S/c1-17-15-21(27-30-17)16-25-24(29)26-19-11-13-20(14-12-19)28-31-23-10-6-5-9-22(23)18-7-3-2-4-8-18/h2-15,28H,16H2,1H3,(H2,25,26,29). The van der Waals surface area contributed by atoms with Gasteiger partial charge in [-0.05, 0) is 60.3 Å². The minimum Gasteiger partial charge on any atom is -0.361 e. The van der Waals surface area contributed by atoms with Gasteiger partial charge in [0, 0.05) is 22.3 Å². The number of urea groups is 1. The van der Waals surface area contributed by atoms with Crippen molar-refractivity contribution in [1.29, 1.82) is 0 Å². The van der Waals surface area contributed by atoms with Gasteiger partial charge in [-0.15, -0.1) is 0 Å². The number of aryl methyl sites for hydroxylation is 1. The van der Waals surface area contributed by atoms with E-state index < -0.39 is 0 Å². The van der Waals surface area contributed by atoms with Crippen molar-refractivity contribution in [2.45, 2.75) is 18.4 Å². The lowest BCUT2D eigenvalue weighted by Gasteiger charge is -2.11. The average Bonchev–Trinajstić information content (AvgIpc) is 3.23. The second-order valence-corrected chi connectivity index (χ2v) is 7.73. The molecule has 4 aromatic rings. The molecule has 0 spiro atoms. The second-order valence-electron chi connectivity index (χ2n) is 6.88. The van der Waals surface area contributed by atoms with E-state index in [-0.39, 0.29) is 6.03 Å². The van der Waals surface area contributed by atoms with E-state index in [1.54, 1.807) is 18.0 Å². The number of hydrogen-bond donors (Lipinski definition) is 3. The molecular formula is C24H22N4O2S. The topological polar surface area (TPSA) is 79.2 Å². The van der Waals surface area contributed by atoms with Gasteiger partial charge in [-0.3, -0.25) is 0 Å². The zero-order valence-electron chi connectivity index (χ0n) is 17.0. The van der Waals surface area contributed by atoms with Gasteiger partial charge in [0.15, 0.2) is 0 Å². The first kappa shape index (κ1) is 20.6. The van der Waals surface area contributed by atoms with Crippen LogP contribution in [0.15, 0.2) is 94.3 Å². The number of rotatable bonds is 7. The maximum Gasteiger partial charge on any atom is 0.319 e. The second kappa shape index (κ2) is 9.86. The summed E-state index contributed by atoms with van der Waals surface area (Å²) in [5, 5.41) is 9.41. The van der Waals surface area contributed by atoms with Crippen molar-refractivity contribution in [3.8, 4) is 11.1 Å². The molecule has 0 saturated carbocycles. The van der Waals surface area contributed by atoms with Crippen LogP contribution in [0.3, 0.4) is 0 Å². The summed E-state index contributed by atoms with van der Waals surface area (Å²) in [7, 11) is 0. The molecule has 0 aliphatic heterocycles. The van der Waals surface area contributed by atoms with Gasteiger partial charge in [0.25, 0.3) is 0 Å². The van der Waals surface area contributed by atoms with Crippen molar-refractivity contribution in [2.75, 3.05) is 10.0 Å². The quantitative estimate of drug-likeness (QED) is 0.309. The van der Waals surface area contributed by atoms with E-state index in [1.165, 1.54) is 11.1 Å². The van der Waals surface area contributed by atoms with E-state index in [2.05, 4.69) is 44.8 Å². The van der Waals surface area contributed by atoms with Gasteiger partial charge in [0.1, 0.15) is 11.5 Å². The van der Waals surface area contributed by atoms with Gasteiger partial charge in [0.2, 0.25) is 0 Å². The van der Waals surface area contributed by atoms with Gasteiger partial charge < -0.3 is 19.9 Å². The zero-order valence-corrected chi connectivity index (χ0v) is 17.8. The molecule has 0 bridgehead atoms. The van der Waals surface area contributed by atoms with Crippen molar-refractivity contribution in [3.63, 3.8) is 0 Å². The van der Waals surface area contributed by atoms with Crippen molar-refractivity contribution >= 4 is 29.4 Å². The van der Waals surface area contributed by atoms with Crippen LogP contribution in [0.25, 0.3) is 11.1 Å². The van der Waals surface area contributed by atoms with E-state index in [9.17, 15) is 4.79 Å². The third-order valence-electron chi connectivity index (χ3n) is 4.50. The monoisotopic (exact) mass is 430 g/mol. The van der Waals surface area contributed by atoms with Crippen LogP contribution in [0.4, 0.5) is 16.2 Å². The number of aromatic nitrogens is 1. The molecule has 2 amide bonds. The summed E-state index contributed by atoms with van der Waals surface area (Å²) in [6.45, 7) is 2.12. The highest BCUT2D eigenvalue weighted by atomic mass is 32.2. The fourth-order valence-electron chi connectivity index (χ4n) is 2.99. The highest BCUT2D eigenvalue weighted by Crippen LogP contribution is 2.32. The first-order valence-electron chi connectivity index (χ1n) is 9.82. The van der Waals surface area contributed by atoms with Gasteiger partial charge >= 0.3 is 6.03 Å². The molecule has 3 N–H and O–H groups in total. The lowest BCUT2D eigenvalue weighted by atomic mass is 10.1.